The van der Waals surface area contributed by atoms with Gasteiger partial charge < -0.3 is 19.7 Å². The quantitative estimate of drug-likeness (QED) is 0.250. The van der Waals surface area contributed by atoms with E-state index in [0.717, 1.165) is 42.1 Å². The predicted octanol–water partition coefficient (Wildman–Crippen LogP) is 4.15. The number of nitrogens with one attached hydrogen (secondary N) is 1. The van der Waals surface area contributed by atoms with Gasteiger partial charge in [0.1, 0.15) is 5.65 Å². The van der Waals surface area contributed by atoms with E-state index in [-0.39, 0.29) is 23.8 Å². The van der Waals surface area contributed by atoms with E-state index in [1.54, 1.807) is 30.7 Å². The topological polar surface area (TPSA) is 133 Å². The zero-order valence-corrected chi connectivity index (χ0v) is 28.6. The molecule has 0 saturated carbocycles. The Bertz CT molecular complexity index is 1870. The highest BCUT2D eigenvalue weighted by atomic mass is 32.2. The first-order valence-corrected chi connectivity index (χ1v) is 18.1. The molecule has 0 radical (unpaired) electrons. The predicted molar refractivity (Wildman–Crippen MR) is 183 cm³/mol. The van der Waals surface area contributed by atoms with Crippen molar-refractivity contribution in [3.8, 4) is 11.1 Å². The van der Waals surface area contributed by atoms with Crippen molar-refractivity contribution in [1.82, 2.24) is 28.6 Å². The number of pyridine rings is 1. The molecule has 3 aromatic heterocycles. The van der Waals surface area contributed by atoms with Crippen LogP contribution in [0.15, 0.2) is 41.3 Å². The molecule has 0 atom stereocenters. The molecule has 4 aromatic rings. The summed E-state index contributed by atoms with van der Waals surface area (Å²) in [5.41, 5.74) is 4.19. The number of fused-ring (bicyclic) bond motifs is 1. The fourth-order valence-electron chi connectivity index (χ4n) is 6.76. The van der Waals surface area contributed by atoms with Gasteiger partial charge in [-0.2, -0.15) is 14.2 Å². The van der Waals surface area contributed by atoms with Crippen molar-refractivity contribution in [3.05, 3.63) is 63.8 Å². The van der Waals surface area contributed by atoms with Crippen molar-refractivity contribution < 1.29 is 17.9 Å². The second-order valence-electron chi connectivity index (χ2n) is 13.0. The molecule has 12 nitrogen and oxygen atoms in total. The van der Waals surface area contributed by atoms with Crippen molar-refractivity contribution in [3.63, 3.8) is 0 Å². The van der Waals surface area contributed by atoms with Gasteiger partial charge in [-0.15, -0.1) is 0 Å². The number of methoxy groups -OCH3 is 1. The molecule has 5 heterocycles. The van der Waals surface area contributed by atoms with Gasteiger partial charge in [-0.05, 0) is 102 Å². The lowest BCUT2D eigenvalue weighted by atomic mass is 9.90. The Morgan fingerprint density at radius 3 is 2.47 bits per heavy atom. The number of aryl methyl sites for hydroxylation is 1. The third-order valence-corrected chi connectivity index (χ3v) is 11.1. The molecule has 47 heavy (non-hydrogen) atoms. The molecule has 2 saturated heterocycles. The SMILES string of the molecule is COCCS(=O)(=O)n1nc(C)c(-c2cc3cnc(Nc4ccc(CC5CCN(C)CC5)cc4)nc3n(CC3CCOCC3)c2=O)c1C. The molecular weight excluding hydrogens is 618 g/mol. The highest BCUT2D eigenvalue weighted by Gasteiger charge is 2.26. The monoisotopic (exact) mass is 663 g/mol. The van der Waals surface area contributed by atoms with Crippen LogP contribution in [0, 0.1) is 25.7 Å². The van der Waals surface area contributed by atoms with Gasteiger partial charge in [-0.3, -0.25) is 9.36 Å². The minimum atomic E-state index is -3.78. The van der Waals surface area contributed by atoms with Crippen molar-refractivity contribution in [2.24, 2.45) is 11.8 Å². The lowest BCUT2D eigenvalue weighted by Gasteiger charge is -2.28. The summed E-state index contributed by atoms with van der Waals surface area (Å²) in [6.07, 6.45) is 6.94. The Morgan fingerprint density at radius 2 is 1.77 bits per heavy atom. The zero-order chi connectivity index (χ0) is 33.1. The number of hydrogen-bond donors (Lipinski definition) is 1. The van der Waals surface area contributed by atoms with Crippen LogP contribution in [0.1, 0.15) is 42.6 Å². The average Bonchev–Trinajstić information content (AvgIpc) is 3.38. The Labute approximate surface area is 276 Å². The number of ether oxygens (including phenoxy) is 2. The van der Waals surface area contributed by atoms with E-state index in [4.69, 9.17) is 14.5 Å². The second-order valence-corrected chi connectivity index (χ2v) is 14.9. The number of nitrogens with zero attached hydrogens (tertiary/aromatic N) is 6. The molecule has 2 fully saturated rings. The number of rotatable bonds is 11. The van der Waals surface area contributed by atoms with Crippen LogP contribution in [0.4, 0.5) is 11.6 Å². The molecule has 0 aliphatic carbocycles. The summed E-state index contributed by atoms with van der Waals surface area (Å²) in [5, 5.41) is 8.36. The molecule has 252 valence electrons. The molecule has 0 spiro atoms. The Morgan fingerprint density at radius 1 is 1.04 bits per heavy atom. The zero-order valence-electron chi connectivity index (χ0n) is 27.7. The van der Waals surface area contributed by atoms with E-state index in [0.29, 0.717) is 65.2 Å². The molecule has 0 amide bonds. The summed E-state index contributed by atoms with van der Waals surface area (Å²) in [6.45, 7) is 7.52. The normalized spacial score (nSPS) is 17.0. The smallest absolute Gasteiger partial charge is 0.260 e. The highest BCUT2D eigenvalue weighted by Crippen LogP contribution is 2.29. The highest BCUT2D eigenvalue weighted by molar-refractivity contribution is 7.89. The van der Waals surface area contributed by atoms with Gasteiger partial charge >= 0.3 is 0 Å². The molecular formula is C34H45N7O5S. The van der Waals surface area contributed by atoms with Gasteiger partial charge in [0.15, 0.2) is 0 Å². The maximum atomic E-state index is 14.3. The molecule has 2 aliphatic heterocycles. The first-order chi connectivity index (χ1) is 22.6. The fourth-order valence-corrected chi connectivity index (χ4v) is 8.07. The maximum absolute atomic E-state index is 14.3. The van der Waals surface area contributed by atoms with Crippen LogP contribution in [-0.2, 0) is 32.5 Å². The lowest BCUT2D eigenvalue weighted by molar-refractivity contribution is 0.0613. The number of anilines is 2. The molecule has 6 rings (SSSR count). The third-order valence-electron chi connectivity index (χ3n) is 9.51. The largest absolute Gasteiger partial charge is 0.384 e. The van der Waals surface area contributed by atoms with E-state index >= 15 is 0 Å². The van der Waals surface area contributed by atoms with E-state index in [1.807, 2.05) is 0 Å². The van der Waals surface area contributed by atoms with Gasteiger partial charge in [0, 0.05) is 49.7 Å². The Kier molecular flexibility index (Phi) is 10.1. The van der Waals surface area contributed by atoms with Crippen LogP contribution in [0.25, 0.3) is 22.2 Å². The summed E-state index contributed by atoms with van der Waals surface area (Å²) in [5.74, 6) is 1.13. The van der Waals surface area contributed by atoms with Crippen molar-refractivity contribution >= 4 is 32.7 Å². The molecule has 13 heteroatoms. The van der Waals surface area contributed by atoms with Crippen LogP contribution >= 0.6 is 0 Å². The lowest BCUT2D eigenvalue weighted by Crippen LogP contribution is -2.30. The fraction of sp³-hybridized carbons (Fsp3) is 0.529. The first-order valence-electron chi connectivity index (χ1n) is 16.4. The summed E-state index contributed by atoms with van der Waals surface area (Å²) < 4.78 is 39.4. The number of benzene rings is 1. The summed E-state index contributed by atoms with van der Waals surface area (Å²) in [6, 6.07) is 10.2. The average molecular weight is 664 g/mol. The second kappa shape index (κ2) is 14.2. The van der Waals surface area contributed by atoms with E-state index in [1.165, 1.54) is 25.5 Å². The molecule has 1 N–H and O–H groups in total. The minimum absolute atomic E-state index is 0.0419. The van der Waals surface area contributed by atoms with Gasteiger partial charge in [0.25, 0.3) is 15.6 Å². The van der Waals surface area contributed by atoms with Gasteiger partial charge in [0.2, 0.25) is 5.95 Å². The number of likely N-dealkylation sites (tertiary alicyclic amines) is 1. The van der Waals surface area contributed by atoms with Crippen molar-refractivity contribution in [1.29, 1.82) is 0 Å². The summed E-state index contributed by atoms with van der Waals surface area (Å²) >= 11 is 0. The van der Waals surface area contributed by atoms with E-state index in [2.05, 4.69) is 51.6 Å². The molecule has 0 unspecified atom stereocenters. The summed E-state index contributed by atoms with van der Waals surface area (Å²) in [4.78, 5) is 26.2. The standard InChI is InChI=1S/C34H45N7O5S/c1-23-31(24(2)41(38-23)47(43,44)18-17-45-4)30-20-28-21-35-34(37-32(28)40(33(30)42)22-27-11-15-46-16-12-27)36-29-7-5-25(6-8-29)19-26-9-13-39(3)14-10-26/h5-8,20-21,26-27H,9-19,22H2,1-4H3,(H,35,36,37). The van der Waals surface area contributed by atoms with Gasteiger partial charge in [-0.1, -0.05) is 12.1 Å². The van der Waals surface area contributed by atoms with Crippen LogP contribution in [0.5, 0.6) is 0 Å². The van der Waals surface area contributed by atoms with E-state index < -0.39 is 10.0 Å². The number of hydrogen-bond acceptors (Lipinski definition) is 10. The maximum Gasteiger partial charge on any atom is 0.260 e. The van der Waals surface area contributed by atoms with Crippen LogP contribution < -0.4 is 10.9 Å². The van der Waals surface area contributed by atoms with Gasteiger partial charge in [-0.25, -0.2) is 13.4 Å². The first kappa shape index (κ1) is 33.3. The Hall–Kier alpha value is -3.65. The van der Waals surface area contributed by atoms with Crippen molar-refractivity contribution in [2.75, 3.05) is 58.1 Å². The Balaban J connectivity index is 1.33. The van der Waals surface area contributed by atoms with Gasteiger partial charge in [0.05, 0.1) is 29.3 Å². The number of aromatic nitrogens is 5. The van der Waals surface area contributed by atoms with Crippen LogP contribution in [-0.4, -0.2) is 89.9 Å². The van der Waals surface area contributed by atoms with E-state index in [9.17, 15) is 13.2 Å². The summed E-state index contributed by atoms with van der Waals surface area (Å²) in [7, 11) is -0.136. The molecule has 1 aromatic carbocycles. The molecule has 0 bridgehead atoms. The number of piperidine rings is 1. The molecule has 2 aliphatic rings. The van der Waals surface area contributed by atoms with Crippen LogP contribution in [0.3, 0.4) is 0 Å². The van der Waals surface area contributed by atoms with Crippen LogP contribution in [0.2, 0.25) is 0 Å². The third kappa shape index (κ3) is 7.43. The minimum Gasteiger partial charge on any atom is -0.384 e. The van der Waals surface area contributed by atoms with Crippen molar-refractivity contribution in [2.45, 2.75) is 52.5 Å².